The fourth-order valence-electron chi connectivity index (χ4n) is 3.14. The number of carbonyl (C=O) groups is 1. The highest BCUT2D eigenvalue weighted by Gasteiger charge is 2.21. The number of benzene rings is 1. The van der Waals surface area contributed by atoms with Gasteiger partial charge < -0.3 is 10.6 Å². The quantitative estimate of drug-likeness (QED) is 0.892. The van der Waals surface area contributed by atoms with E-state index in [1.54, 1.807) is 0 Å². The molecule has 0 bridgehead atoms. The van der Waals surface area contributed by atoms with Gasteiger partial charge in [-0.25, -0.2) is 0 Å². The summed E-state index contributed by atoms with van der Waals surface area (Å²) in [5.74, 6) is 0.268. The Morgan fingerprint density at radius 3 is 2.52 bits per heavy atom. The van der Waals surface area contributed by atoms with Gasteiger partial charge in [-0.2, -0.15) is 0 Å². The molecule has 1 heterocycles. The smallest absolute Gasteiger partial charge is 0.228 e. The van der Waals surface area contributed by atoms with Gasteiger partial charge in [0.2, 0.25) is 5.91 Å². The average molecular weight is 304 g/mol. The van der Waals surface area contributed by atoms with Crippen molar-refractivity contribution < 1.29 is 4.79 Å². The van der Waals surface area contributed by atoms with Gasteiger partial charge >= 0.3 is 0 Å². The summed E-state index contributed by atoms with van der Waals surface area (Å²) < 4.78 is 0. The molecule has 0 aromatic heterocycles. The topological polar surface area (TPSA) is 41.1 Å². The van der Waals surface area contributed by atoms with Gasteiger partial charge in [0.15, 0.2) is 0 Å². The normalized spacial score (nSPS) is 23.1. The van der Waals surface area contributed by atoms with Crippen LogP contribution in [0.1, 0.15) is 38.5 Å². The number of hydrogen-bond acceptors (Lipinski definition) is 3. The Kier molecular flexibility index (Phi) is 5.20. The summed E-state index contributed by atoms with van der Waals surface area (Å²) in [6.07, 6.45) is 7.53. The van der Waals surface area contributed by atoms with Gasteiger partial charge in [0, 0.05) is 22.4 Å². The maximum absolute atomic E-state index is 12.2. The minimum atomic E-state index is 0.117. The van der Waals surface area contributed by atoms with Crippen LogP contribution in [0.2, 0.25) is 0 Å². The molecule has 1 aliphatic carbocycles. The van der Waals surface area contributed by atoms with E-state index in [1.807, 2.05) is 23.9 Å². The van der Waals surface area contributed by atoms with E-state index in [-0.39, 0.29) is 11.8 Å². The van der Waals surface area contributed by atoms with Crippen molar-refractivity contribution in [2.45, 2.75) is 48.7 Å². The number of thioether (sulfide) groups is 1. The minimum absolute atomic E-state index is 0.117. The van der Waals surface area contributed by atoms with Crippen molar-refractivity contribution in [2.24, 2.45) is 5.92 Å². The van der Waals surface area contributed by atoms with Crippen molar-refractivity contribution in [1.82, 2.24) is 5.32 Å². The lowest BCUT2D eigenvalue weighted by Gasteiger charge is -2.21. The summed E-state index contributed by atoms with van der Waals surface area (Å²) in [6.45, 7) is 1.85. The van der Waals surface area contributed by atoms with E-state index in [1.165, 1.54) is 30.6 Å². The Hall–Kier alpha value is -1.00. The van der Waals surface area contributed by atoms with E-state index >= 15 is 0 Å². The molecule has 0 radical (unpaired) electrons. The van der Waals surface area contributed by atoms with Gasteiger partial charge in [-0.05, 0) is 56.5 Å². The molecule has 1 aromatic rings. The second kappa shape index (κ2) is 7.32. The zero-order valence-electron chi connectivity index (χ0n) is 12.4. The fraction of sp³-hybridized carbons (Fsp3) is 0.588. The summed E-state index contributed by atoms with van der Waals surface area (Å²) in [6, 6.07) is 8.34. The molecule has 0 spiro atoms. The molecular formula is C17H24N2OS. The van der Waals surface area contributed by atoms with E-state index in [0.717, 1.165) is 36.9 Å². The molecule has 1 saturated heterocycles. The molecule has 1 saturated carbocycles. The third-order valence-corrected chi connectivity index (χ3v) is 5.74. The van der Waals surface area contributed by atoms with E-state index in [2.05, 4.69) is 22.8 Å². The Labute approximate surface area is 131 Å². The SMILES string of the molecule is O=C(Nc1ccc(SC2CCCC2)cc1)[C@@H]1CCCNC1. The zero-order chi connectivity index (χ0) is 14.5. The van der Waals surface area contributed by atoms with Crippen molar-refractivity contribution in [3.8, 4) is 0 Å². The van der Waals surface area contributed by atoms with Crippen molar-refractivity contribution in [1.29, 1.82) is 0 Å². The molecule has 1 atom stereocenters. The van der Waals surface area contributed by atoms with Crippen molar-refractivity contribution in [2.75, 3.05) is 18.4 Å². The van der Waals surface area contributed by atoms with Crippen LogP contribution in [0.3, 0.4) is 0 Å². The molecule has 2 fully saturated rings. The van der Waals surface area contributed by atoms with Crippen LogP contribution in [0.4, 0.5) is 5.69 Å². The number of hydrogen-bond donors (Lipinski definition) is 2. The lowest BCUT2D eigenvalue weighted by molar-refractivity contribution is -0.120. The summed E-state index contributed by atoms with van der Waals surface area (Å²) in [4.78, 5) is 13.5. The maximum atomic E-state index is 12.2. The molecule has 0 unspecified atom stereocenters. The first-order chi connectivity index (χ1) is 10.3. The summed E-state index contributed by atoms with van der Waals surface area (Å²) in [7, 11) is 0. The first kappa shape index (κ1) is 14.9. The number of anilines is 1. The highest BCUT2D eigenvalue weighted by atomic mass is 32.2. The molecule has 3 nitrogen and oxygen atoms in total. The van der Waals surface area contributed by atoms with Gasteiger partial charge in [0.05, 0.1) is 5.92 Å². The number of piperidine rings is 1. The van der Waals surface area contributed by atoms with Crippen molar-refractivity contribution in [3.05, 3.63) is 24.3 Å². The molecule has 114 valence electrons. The molecule has 1 amide bonds. The number of carbonyl (C=O) groups excluding carboxylic acids is 1. The minimum Gasteiger partial charge on any atom is -0.326 e. The molecule has 3 rings (SSSR count). The highest BCUT2D eigenvalue weighted by molar-refractivity contribution is 8.00. The lowest BCUT2D eigenvalue weighted by Crippen LogP contribution is -2.37. The molecule has 1 aromatic carbocycles. The van der Waals surface area contributed by atoms with Crippen LogP contribution < -0.4 is 10.6 Å². The standard InChI is InChI=1S/C17H24N2OS/c20-17(13-4-3-11-18-12-13)19-14-7-9-16(10-8-14)21-15-5-1-2-6-15/h7-10,13,15,18H,1-6,11-12H2,(H,19,20)/t13-/m1/s1. The van der Waals surface area contributed by atoms with Gasteiger partial charge in [0.1, 0.15) is 0 Å². The predicted octanol–water partition coefficient (Wildman–Crippen LogP) is 3.66. The van der Waals surface area contributed by atoms with E-state index < -0.39 is 0 Å². The van der Waals surface area contributed by atoms with Crippen LogP contribution in [0.25, 0.3) is 0 Å². The molecule has 2 aliphatic rings. The number of rotatable bonds is 4. The van der Waals surface area contributed by atoms with Gasteiger partial charge in [0.25, 0.3) is 0 Å². The fourth-order valence-corrected chi connectivity index (χ4v) is 4.38. The van der Waals surface area contributed by atoms with Crippen LogP contribution in [-0.4, -0.2) is 24.2 Å². The van der Waals surface area contributed by atoms with Gasteiger partial charge in [-0.1, -0.05) is 12.8 Å². The second-order valence-corrected chi connectivity index (χ2v) is 7.45. The van der Waals surface area contributed by atoms with Crippen LogP contribution in [0, 0.1) is 5.92 Å². The van der Waals surface area contributed by atoms with Crippen LogP contribution in [-0.2, 0) is 4.79 Å². The Bertz CT molecular complexity index is 462. The zero-order valence-corrected chi connectivity index (χ0v) is 13.3. The van der Waals surface area contributed by atoms with Gasteiger partial charge in [-0.3, -0.25) is 4.79 Å². The third kappa shape index (κ3) is 4.24. The lowest BCUT2D eigenvalue weighted by atomic mass is 9.99. The number of nitrogens with one attached hydrogen (secondary N) is 2. The Morgan fingerprint density at radius 1 is 1.10 bits per heavy atom. The van der Waals surface area contributed by atoms with E-state index in [9.17, 15) is 4.79 Å². The second-order valence-electron chi connectivity index (χ2n) is 6.08. The molecular weight excluding hydrogens is 280 g/mol. The summed E-state index contributed by atoms with van der Waals surface area (Å²) >= 11 is 1.98. The largest absolute Gasteiger partial charge is 0.326 e. The summed E-state index contributed by atoms with van der Waals surface area (Å²) in [5, 5.41) is 7.12. The van der Waals surface area contributed by atoms with Crippen molar-refractivity contribution >= 4 is 23.4 Å². The summed E-state index contributed by atoms with van der Waals surface area (Å²) in [5.41, 5.74) is 0.918. The van der Waals surface area contributed by atoms with Gasteiger partial charge in [-0.15, -0.1) is 11.8 Å². The molecule has 2 N–H and O–H groups in total. The predicted molar refractivity (Wildman–Crippen MR) is 88.8 cm³/mol. The van der Waals surface area contributed by atoms with Crippen LogP contribution in [0.5, 0.6) is 0 Å². The first-order valence-electron chi connectivity index (χ1n) is 8.09. The molecule has 21 heavy (non-hydrogen) atoms. The Morgan fingerprint density at radius 2 is 1.86 bits per heavy atom. The maximum Gasteiger partial charge on any atom is 0.228 e. The van der Waals surface area contributed by atoms with Crippen LogP contribution >= 0.6 is 11.8 Å². The Balaban J connectivity index is 1.52. The first-order valence-corrected chi connectivity index (χ1v) is 8.97. The van der Waals surface area contributed by atoms with E-state index in [4.69, 9.17) is 0 Å². The number of amides is 1. The monoisotopic (exact) mass is 304 g/mol. The highest BCUT2D eigenvalue weighted by Crippen LogP contribution is 2.35. The van der Waals surface area contributed by atoms with E-state index in [0.29, 0.717) is 0 Å². The third-order valence-electron chi connectivity index (χ3n) is 4.39. The molecule has 4 heteroatoms. The van der Waals surface area contributed by atoms with Crippen molar-refractivity contribution in [3.63, 3.8) is 0 Å². The molecule has 1 aliphatic heterocycles. The van der Waals surface area contributed by atoms with Crippen LogP contribution in [0.15, 0.2) is 29.2 Å². The average Bonchev–Trinajstić information content (AvgIpc) is 3.03.